The third-order valence-electron chi connectivity index (χ3n) is 4.23. The molecule has 0 aromatic heterocycles. The molecule has 0 radical (unpaired) electrons. The summed E-state index contributed by atoms with van der Waals surface area (Å²) in [4.78, 5) is 0. The Kier molecular flexibility index (Phi) is 4.44. The maximum absolute atomic E-state index is 5.47. The summed E-state index contributed by atoms with van der Waals surface area (Å²) in [6, 6.07) is 14.3. The van der Waals surface area contributed by atoms with Crippen LogP contribution in [0.2, 0.25) is 0 Å². The van der Waals surface area contributed by atoms with Gasteiger partial charge in [0.05, 0.1) is 7.11 Å². The minimum Gasteiger partial charge on any atom is -0.497 e. The highest BCUT2D eigenvalue weighted by atomic mass is 16.7. The van der Waals surface area contributed by atoms with Crippen LogP contribution in [-0.4, -0.2) is 20.4 Å². The molecule has 122 valence electrons. The fourth-order valence-corrected chi connectivity index (χ4v) is 2.70. The molecule has 0 aliphatic carbocycles. The van der Waals surface area contributed by atoms with E-state index in [9.17, 15) is 0 Å². The first-order valence-electron chi connectivity index (χ1n) is 7.86. The van der Waals surface area contributed by atoms with E-state index in [0.29, 0.717) is 6.79 Å². The quantitative estimate of drug-likeness (QED) is 0.886. The van der Waals surface area contributed by atoms with Crippen molar-refractivity contribution in [1.29, 1.82) is 0 Å². The molecule has 1 N–H and O–H groups in total. The summed E-state index contributed by atoms with van der Waals surface area (Å²) >= 11 is 0. The molecule has 0 bridgehead atoms. The van der Waals surface area contributed by atoms with E-state index in [-0.39, 0.29) is 5.54 Å². The molecule has 4 heteroatoms. The maximum Gasteiger partial charge on any atom is 0.231 e. The largest absolute Gasteiger partial charge is 0.497 e. The van der Waals surface area contributed by atoms with Crippen LogP contribution < -0.4 is 19.5 Å². The van der Waals surface area contributed by atoms with Gasteiger partial charge in [0.1, 0.15) is 5.75 Å². The Balaban J connectivity index is 1.59. The van der Waals surface area contributed by atoms with Gasteiger partial charge in [-0.15, -0.1) is 0 Å². The van der Waals surface area contributed by atoms with E-state index in [1.165, 1.54) is 11.1 Å². The van der Waals surface area contributed by atoms with Gasteiger partial charge in [0, 0.05) is 5.54 Å². The number of fused-ring (bicyclic) bond motifs is 1. The highest BCUT2D eigenvalue weighted by Crippen LogP contribution is 2.35. The summed E-state index contributed by atoms with van der Waals surface area (Å²) in [6.07, 6.45) is 0.970. The summed E-state index contributed by atoms with van der Waals surface area (Å²) in [7, 11) is 1.68. The second kappa shape index (κ2) is 6.50. The number of methoxy groups -OCH3 is 1. The second-order valence-corrected chi connectivity index (χ2v) is 6.22. The smallest absolute Gasteiger partial charge is 0.231 e. The van der Waals surface area contributed by atoms with E-state index < -0.39 is 0 Å². The van der Waals surface area contributed by atoms with Crippen molar-refractivity contribution in [2.75, 3.05) is 20.4 Å². The normalized spacial score (nSPS) is 13.2. The standard InChI is InChI=1S/C19H23NO3/c1-19(2,15-6-9-17-18(12-15)23-13-22-17)20-11-10-14-4-7-16(21-3)8-5-14/h4-9,12,20H,10-11,13H2,1-3H3. The Labute approximate surface area is 137 Å². The average Bonchev–Trinajstić information content (AvgIpc) is 3.03. The van der Waals surface area contributed by atoms with Crippen LogP contribution in [0.15, 0.2) is 42.5 Å². The molecule has 1 aliphatic rings. The van der Waals surface area contributed by atoms with Crippen molar-refractivity contribution in [3.05, 3.63) is 53.6 Å². The minimum absolute atomic E-state index is 0.131. The van der Waals surface area contributed by atoms with E-state index in [1.807, 2.05) is 18.2 Å². The zero-order valence-corrected chi connectivity index (χ0v) is 13.9. The Morgan fingerprint density at radius 1 is 1.04 bits per heavy atom. The van der Waals surface area contributed by atoms with Gasteiger partial charge in [0.2, 0.25) is 6.79 Å². The molecule has 0 amide bonds. The molecule has 0 saturated heterocycles. The van der Waals surface area contributed by atoms with E-state index in [1.54, 1.807) is 7.11 Å². The Morgan fingerprint density at radius 3 is 2.52 bits per heavy atom. The topological polar surface area (TPSA) is 39.7 Å². The molecule has 0 saturated carbocycles. The molecule has 0 spiro atoms. The Morgan fingerprint density at radius 2 is 1.78 bits per heavy atom. The van der Waals surface area contributed by atoms with Gasteiger partial charge >= 0.3 is 0 Å². The van der Waals surface area contributed by atoms with Crippen molar-refractivity contribution >= 4 is 0 Å². The predicted molar refractivity (Wildman–Crippen MR) is 90.3 cm³/mol. The van der Waals surface area contributed by atoms with Crippen molar-refractivity contribution in [2.24, 2.45) is 0 Å². The maximum atomic E-state index is 5.47. The van der Waals surface area contributed by atoms with Crippen molar-refractivity contribution in [3.63, 3.8) is 0 Å². The Hall–Kier alpha value is -2.20. The number of nitrogens with one attached hydrogen (secondary N) is 1. The third kappa shape index (κ3) is 3.59. The second-order valence-electron chi connectivity index (χ2n) is 6.22. The fraction of sp³-hybridized carbons (Fsp3) is 0.368. The van der Waals surface area contributed by atoms with Crippen molar-refractivity contribution in [2.45, 2.75) is 25.8 Å². The summed E-state index contributed by atoms with van der Waals surface area (Å²) in [5.74, 6) is 2.54. The van der Waals surface area contributed by atoms with E-state index in [4.69, 9.17) is 14.2 Å². The van der Waals surface area contributed by atoms with Crippen LogP contribution in [0.5, 0.6) is 17.2 Å². The third-order valence-corrected chi connectivity index (χ3v) is 4.23. The van der Waals surface area contributed by atoms with Gasteiger partial charge in [-0.1, -0.05) is 18.2 Å². The van der Waals surface area contributed by atoms with Crippen molar-refractivity contribution in [3.8, 4) is 17.2 Å². The lowest BCUT2D eigenvalue weighted by atomic mass is 9.93. The van der Waals surface area contributed by atoms with E-state index in [2.05, 4.69) is 43.4 Å². The van der Waals surface area contributed by atoms with Gasteiger partial charge in [0.25, 0.3) is 0 Å². The van der Waals surface area contributed by atoms with Crippen LogP contribution in [0.1, 0.15) is 25.0 Å². The highest BCUT2D eigenvalue weighted by Gasteiger charge is 2.23. The summed E-state index contributed by atoms with van der Waals surface area (Å²) in [5.41, 5.74) is 2.35. The number of ether oxygens (including phenoxy) is 3. The van der Waals surface area contributed by atoms with Crippen LogP contribution in [0.4, 0.5) is 0 Å². The molecule has 3 rings (SSSR count). The molecule has 0 fully saturated rings. The molecule has 23 heavy (non-hydrogen) atoms. The summed E-state index contributed by atoms with van der Waals surface area (Å²) in [5, 5.41) is 3.62. The van der Waals surface area contributed by atoms with Crippen LogP contribution >= 0.6 is 0 Å². The van der Waals surface area contributed by atoms with Gasteiger partial charge in [-0.2, -0.15) is 0 Å². The molecule has 2 aromatic rings. The lowest BCUT2D eigenvalue weighted by Gasteiger charge is -2.27. The molecule has 0 atom stereocenters. The highest BCUT2D eigenvalue weighted by molar-refractivity contribution is 5.46. The van der Waals surface area contributed by atoms with Crippen molar-refractivity contribution in [1.82, 2.24) is 5.32 Å². The molecule has 1 heterocycles. The average molecular weight is 313 g/mol. The lowest BCUT2D eigenvalue weighted by molar-refractivity contribution is 0.174. The number of hydrogen-bond acceptors (Lipinski definition) is 4. The Bertz CT molecular complexity index is 665. The van der Waals surface area contributed by atoms with Gasteiger partial charge in [-0.05, 0) is 62.2 Å². The predicted octanol–water partition coefficient (Wildman–Crippen LogP) is 3.49. The molecule has 2 aromatic carbocycles. The molecular weight excluding hydrogens is 290 g/mol. The number of rotatable bonds is 6. The van der Waals surface area contributed by atoms with Gasteiger partial charge in [-0.25, -0.2) is 0 Å². The molecule has 0 unspecified atom stereocenters. The molecule has 1 aliphatic heterocycles. The van der Waals surface area contributed by atoms with Crippen LogP contribution in [0.3, 0.4) is 0 Å². The zero-order chi connectivity index (χ0) is 16.3. The number of benzene rings is 2. The fourth-order valence-electron chi connectivity index (χ4n) is 2.70. The van der Waals surface area contributed by atoms with E-state index >= 15 is 0 Å². The van der Waals surface area contributed by atoms with Crippen molar-refractivity contribution < 1.29 is 14.2 Å². The van der Waals surface area contributed by atoms with Crippen LogP contribution in [0, 0.1) is 0 Å². The molecule has 4 nitrogen and oxygen atoms in total. The minimum atomic E-state index is -0.131. The summed E-state index contributed by atoms with van der Waals surface area (Å²) < 4.78 is 16.0. The monoisotopic (exact) mass is 313 g/mol. The van der Waals surface area contributed by atoms with Crippen LogP contribution in [-0.2, 0) is 12.0 Å². The van der Waals surface area contributed by atoms with Gasteiger partial charge in [0.15, 0.2) is 11.5 Å². The lowest BCUT2D eigenvalue weighted by Crippen LogP contribution is -2.37. The molecular formula is C19H23NO3. The van der Waals surface area contributed by atoms with Gasteiger partial charge < -0.3 is 19.5 Å². The zero-order valence-electron chi connectivity index (χ0n) is 13.9. The van der Waals surface area contributed by atoms with E-state index in [0.717, 1.165) is 30.2 Å². The first-order valence-corrected chi connectivity index (χ1v) is 7.86. The van der Waals surface area contributed by atoms with Crippen LogP contribution in [0.25, 0.3) is 0 Å². The SMILES string of the molecule is COc1ccc(CCNC(C)(C)c2ccc3c(c2)OCO3)cc1. The first-order chi connectivity index (χ1) is 11.1. The van der Waals surface area contributed by atoms with Gasteiger partial charge in [-0.3, -0.25) is 0 Å². The number of hydrogen-bond donors (Lipinski definition) is 1. The summed E-state index contributed by atoms with van der Waals surface area (Å²) in [6.45, 7) is 5.56. The first kappa shape index (κ1) is 15.7.